The minimum absolute atomic E-state index is 0.0380. The third-order valence-electron chi connectivity index (χ3n) is 13.8. The average molecular weight is 477 g/mol. The number of hydrogen-bond acceptors (Lipinski definition) is 2. The number of ketones is 1. The Morgan fingerprint density at radius 1 is 0.794 bits per heavy atom. The Morgan fingerprint density at radius 2 is 1.47 bits per heavy atom. The van der Waals surface area contributed by atoms with Crippen molar-refractivity contribution in [2.75, 3.05) is 6.61 Å². The van der Waals surface area contributed by atoms with E-state index < -0.39 is 22.5 Å². The van der Waals surface area contributed by atoms with Crippen molar-refractivity contribution in [2.45, 2.75) is 118 Å². The van der Waals surface area contributed by atoms with Crippen LogP contribution in [0.25, 0.3) is 0 Å². The zero-order valence-corrected chi connectivity index (χ0v) is 22.5. The summed E-state index contributed by atoms with van der Waals surface area (Å²) in [5.41, 5.74) is -0.680. The van der Waals surface area contributed by atoms with E-state index in [1.165, 1.54) is 25.7 Å². The van der Waals surface area contributed by atoms with Crippen LogP contribution in [0, 0.1) is 56.2 Å². The highest BCUT2D eigenvalue weighted by molar-refractivity contribution is 5.92. The molecule has 5 aliphatic carbocycles. The molecule has 9 atom stereocenters. The summed E-state index contributed by atoms with van der Waals surface area (Å²) in [4.78, 5) is 12.8. The van der Waals surface area contributed by atoms with Crippen molar-refractivity contribution in [3.63, 3.8) is 0 Å². The van der Waals surface area contributed by atoms with E-state index >= 15 is 8.78 Å². The summed E-state index contributed by atoms with van der Waals surface area (Å²) in [6.45, 7) is 16.5. The van der Waals surface area contributed by atoms with Crippen molar-refractivity contribution in [3.05, 3.63) is 0 Å². The molecule has 2 nitrogen and oxygen atoms in total. The van der Waals surface area contributed by atoms with Gasteiger partial charge in [-0.05, 0) is 102 Å². The van der Waals surface area contributed by atoms with Gasteiger partial charge in [-0.3, -0.25) is 4.79 Å². The minimum Gasteiger partial charge on any atom is -0.377 e. The largest absolute Gasteiger partial charge is 0.377 e. The minimum atomic E-state index is -3.21. The lowest BCUT2D eigenvalue weighted by atomic mass is 9.31. The van der Waals surface area contributed by atoms with Crippen LogP contribution in [0.15, 0.2) is 0 Å². The van der Waals surface area contributed by atoms with Crippen molar-refractivity contribution >= 4 is 5.78 Å². The summed E-state index contributed by atoms with van der Waals surface area (Å²) in [6, 6.07) is 0. The van der Waals surface area contributed by atoms with Gasteiger partial charge in [0.2, 0.25) is 5.78 Å². The molecule has 34 heavy (non-hydrogen) atoms. The summed E-state index contributed by atoms with van der Waals surface area (Å²) in [7, 11) is 0. The number of hydrogen-bond donors (Lipinski definition) is 0. The van der Waals surface area contributed by atoms with Crippen LogP contribution in [0.3, 0.4) is 0 Å². The maximum absolute atomic E-state index is 15.3. The van der Waals surface area contributed by atoms with Gasteiger partial charge >= 0.3 is 5.92 Å². The SMILES string of the molecule is CC1(C)CC[C@]23CC[C@]4(C)[C@H](CC[C@@H]5[C@@]6(C)CC(F)(F)C(=O)C(C)(C)[C@@H]6CC[C@]54C)C2C1OC3. The van der Waals surface area contributed by atoms with Gasteiger partial charge in [0, 0.05) is 11.8 Å². The van der Waals surface area contributed by atoms with Crippen LogP contribution in [0.1, 0.15) is 106 Å². The van der Waals surface area contributed by atoms with Crippen LogP contribution in [-0.2, 0) is 9.53 Å². The van der Waals surface area contributed by atoms with Gasteiger partial charge in [0.05, 0.1) is 12.7 Å². The number of rotatable bonds is 0. The fourth-order valence-corrected chi connectivity index (χ4v) is 12.0. The summed E-state index contributed by atoms with van der Waals surface area (Å²) in [5, 5.41) is 0. The van der Waals surface area contributed by atoms with Crippen LogP contribution in [0.4, 0.5) is 8.78 Å². The number of fused-ring (bicyclic) bond motifs is 5. The predicted molar refractivity (Wildman–Crippen MR) is 130 cm³/mol. The molecule has 2 bridgehead atoms. The van der Waals surface area contributed by atoms with Crippen LogP contribution in [0.5, 0.6) is 0 Å². The lowest BCUT2D eigenvalue weighted by Gasteiger charge is -2.73. The zero-order valence-electron chi connectivity index (χ0n) is 22.5. The summed E-state index contributed by atoms with van der Waals surface area (Å²) >= 11 is 0. The maximum atomic E-state index is 15.3. The van der Waals surface area contributed by atoms with Crippen LogP contribution in [-0.4, -0.2) is 24.4 Å². The van der Waals surface area contributed by atoms with Gasteiger partial charge in [-0.25, -0.2) is 0 Å². The second-order valence-corrected chi connectivity index (χ2v) is 15.7. The molecule has 5 saturated carbocycles. The number of ether oxygens (including phenoxy) is 1. The van der Waals surface area contributed by atoms with E-state index in [4.69, 9.17) is 4.74 Å². The number of carbonyl (C=O) groups excluding carboxylic acids is 1. The number of carbonyl (C=O) groups is 1. The summed E-state index contributed by atoms with van der Waals surface area (Å²) in [5.74, 6) is -2.49. The van der Waals surface area contributed by atoms with E-state index in [2.05, 4.69) is 34.6 Å². The summed E-state index contributed by atoms with van der Waals surface area (Å²) in [6.07, 6.45) is 9.23. The molecule has 6 fully saturated rings. The molecule has 2 unspecified atom stereocenters. The van der Waals surface area contributed by atoms with Gasteiger partial charge in [-0.2, -0.15) is 8.78 Å². The highest BCUT2D eigenvalue weighted by atomic mass is 19.3. The second-order valence-electron chi connectivity index (χ2n) is 15.7. The molecule has 1 aliphatic heterocycles. The average Bonchev–Trinajstić information content (AvgIpc) is 3.06. The first-order valence-electron chi connectivity index (χ1n) is 14.1. The third kappa shape index (κ3) is 2.53. The molecule has 0 aromatic heterocycles. The first kappa shape index (κ1) is 23.9. The van der Waals surface area contributed by atoms with Gasteiger partial charge < -0.3 is 4.74 Å². The number of alkyl halides is 2. The van der Waals surface area contributed by atoms with Gasteiger partial charge in [0.1, 0.15) is 0 Å². The van der Waals surface area contributed by atoms with Crippen LogP contribution >= 0.6 is 0 Å². The van der Waals surface area contributed by atoms with Crippen LogP contribution in [0.2, 0.25) is 0 Å². The highest BCUT2D eigenvalue weighted by Crippen LogP contribution is 2.78. The summed E-state index contributed by atoms with van der Waals surface area (Å²) < 4.78 is 37.2. The quantitative estimate of drug-likeness (QED) is 0.358. The Balaban J connectivity index is 1.42. The van der Waals surface area contributed by atoms with Crippen molar-refractivity contribution < 1.29 is 18.3 Å². The standard InChI is InChI=1S/C30H46F2O2/c1-24(2)12-14-29-15-13-27(6)18(21(29)22(24)34-17-29)8-9-20-26(5)16-30(31,32)23(33)25(3,4)19(26)10-11-28(20,27)7/h18-22H,8-17H2,1-7H3/t18-,19+,20-,21?,22?,26+,27-,28-,29-/m1/s1. The highest BCUT2D eigenvalue weighted by Gasteiger charge is 2.74. The molecule has 0 amide bonds. The molecule has 0 aromatic rings. The van der Waals surface area contributed by atoms with E-state index in [0.717, 1.165) is 32.3 Å². The first-order valence-corrected chi connectivity index (χ1v) is 14.1. The van der Waals surface area contributed by atoms with E-state index in [9.17, 15) is 4.79 Å². The lowest BCUT2D eigenvalue weighted by molar-refractivity contribution is -0.257. The Hall–Kier alpha value is -0.510. The van der Waals surface area contributed by atoms with Crippen molar-refractivity contribution in [1.82, 2.24) is 0 Å². The monoisotopic (exact) mass is 476 g/mol. The molecule has 0 N–H and O–H groups in total. The fraction of sp³-hybridized carbons (Fsp3) is 0.967. The molecule has 1 saturated heterocycles. The molecule has 0 spiro atoms. The van der Waals surface area contributed by atoms with Gasteiger partial charge in [-0.15, -0.1) is 0 Å². The predicted octanol–water partition coefficient (Wildman–Crippen LogP) is 7.69. The van der Waals surface area contributed by atoms with Crippen LogP contribution < -0.4 is 0 Å². The molecule has 0 radical (unpaired) electrons. The molecule has 1 heterocycles. The second kappa shape index (κ2) is 6.48. The zero-order chi connectivity index (χ0) is 24.7. The van der Waals surface area contributed by atoms with Crippen molar-refractivity contribution in [2.24, 2.45) is 56.2 Å². The van der Waals surface area contributed by atoms with Gasteiger partial charge in [0.15, 0.2) is 0 Å². The third-order valence-corrected chi connectivity index (χ3v) is 13.8. The normalized spacial score (nSPS) is 56.6. The number of Topliss-reactive ketones (excluding diaryl/α,β-unsaturated/α-hetero) is 1. The molecule has 0 aromatic carbocycles. The van der Waals surface area contributed by atoms with E-state index in [0.29, 0.717) is 23.4 Å². The van der Waals surface area contributed by atoms with E-state index in [1.54, 1.807) is 0 Å². The Kier molecular flexibility index (Phi) is 4.55. The number of halogens is 2. The maximum Gasteiger partial charge on any atom is 0.306 e. The van der Waals surface area contributed by atoms with E-state index in [1.807, 2.05) is 13.8 Å². The first-order chi connectivity index (χ1) is 15.6. The lowest BCUT2D eigenvalue weighted by Crippen LogP contribution is -2.69. The Bertz CT molecular complexity index is 925. The molecule has 4 heteroatoms. The van der Waals surface area contributed by atoms with Gasteiger partial charge in [0.25, 0.3) is 0 Å². The Labute approximate surface area is 205 Å². The molecular formula is C30H46F2O2. The van der Waals surface area contributed by atoms with Crippen molar-refractivity contribution in [3.8, 4) is 0 Å². The molecular weight excluding hydrogens is 430 g/mol. The molecule has 6 aliphatic rings. The fourth-order valence-electron chi connectivity index (χ4n) is 12.0. The topological polar surface area (TPSA) is 26.3 Å². The molecule has 6 rings (SSSR count). The molecule has 192 valence electrons. The Morgan fingerprint density at radius 3 is 2.18 bits per heavy atom. The van der Waals surface area contributed by atoms with Crippen molar-refractivity contribution in [1.29, 1.82) is 0 Å². The smallest absolute Gasteiger partial charge is 0.306 e. The van der Waals surface area contributed by atoms with E-state index in [-0.39, 0.29) is 34.5 Å². The van der Waals surface area contributed by atoms with Gasteiger partial charge in [-0.1, -0.05) is 48.5 Å².